The van der Waals surface area contributed by atoms with Crippen LogP contribution in [0.3, 0.4) is 0 Å². The van der Waals surface area contributed by atoms with Gasteiger partial charge in [0.15, 0.2) is 0 Å². The minimum atomic E-state index is -0.218. The first-order valence-electron chi connectivity index (χ1n) is 6.07. The van der Waals surface area contributed by atoms with E-state index in [2.05, 4.69) is 26.2 Å². The second-order valence-electron chi connectivity index (χ2n) is 4.44. The van der Waals surface area contributed by atoms with Crippen molar-refractivity contribution in [1.82, 2.24) is 10.3 Å². The van der Waals surface area contributed by atoms with E-state index in [1.807, 2.05) is 27.0 Å². The third kappa shape index (κ3) is 3.22. The number of likely N-dealkylation sites (N-methyl/N-ethyl adjacent to an activating group) is 1. The van der Waals surface area contributed by atoms with Crippen molar-refractivity contribution >= 4 is 27.3 Å². The van der Waals surface area contributed by atoms with Gasteiger partial charge in [-0.15, -0.1) is 11.3 Å². The van der Waals surface area contributed by atoms with Crippen molar-refractivity contribution in [3.05, 3.63) is 49.6 Å². The van der Waals surface area contributed by atoms with Gasteiger partial charge in [-0.05, 0) is 54.9 Å². The summed E-state index contributed by atoms with van der Waals surface area (Å²) in [5.74, 6) is -0.218. The van der Waals surface area contributed by atoms with Crippen LogP contribution in [-0.2, 0) is 6.42 Å². The Morgan fingerprint density at radius 2 is 2.16 bits per heavy atom. The molecule has 0 aliphatic heterocycles. The predicted octanol–water partition coefficient (Wildman–Crippen LogP) is 4.16. The molecule has 2 aromatic rings. The zero-order valence-corrected chi connectivity index (χ0v) is 13.5. The van der Waals surface area contributed by atoms with Gasteiger partial charge in [-0.2, -0.15) is 0 Å². The molecule has 1 aromatic heterocycles. The van der Waals surface area contributed by atoms with E-state index in [0.717, 1.165) is 22.7 Å². The van der Waals surface area contributed by atoms with E-state index in [-0.39, 0.29) is 11.9 Å². The van der Waals surface area contributed by atoms with Gasteiger partial charge in [0.2, 0.25) is 0 Å². The molecular formula is C14H16BrFN2S. The number of nitrogens with zero attached hydrogens (tertiary/aromatic N) is 1. The van der Waals surface area contributed by atoms with E-state index < -0.39 is 0 Å². The Morgan fingerprint density at radius 1 is 1.42 bits per heavy atom. The molecule has 1 N–H and O–H groups in total. The number of hydrogen-bond donors (Lipinski definition) is 1. The third-order valence-corrected chi connectivity index (χ3v) is 5.13. The quantitative estimate of drug-likeness (QED) is 0.902. The lowest BCUT2D eigenvalue weighted by Gasteiger charge is -2.16. The van der Waals surface area contributed by atoms with Gasteiger partial charge in [0.25, 0.3) is 0 Å². The lowest BCUT2D eigenvalue weighted by molar-refractivity contribution is 0.584. The van der Waals surface area contributed by atoms with Crippen molar-refractivity contribution in [3.63, 3.8) is 0 Å². The Bertz CT molecular complexity index is 583. The molecule has 0 amide bonds. The van der Waals surface area contributed by atoms with Crippen molar-refractivity contribution in [2.45, 2.75) is 26.3 Å². The van der Waals surface area contributed by atoms with Crippen LogP contribution in [0.4, 0.5) is 4.39 Å². The average molecular weight is 343 g/mol. The molecule has 102 valence electrons. The molecule has 2 rings (SSSR count). The molecule has 0 saturated heterocycles. The summed E-state index contributed by atoms with van der Waals surface area (Å²) >= 11 is 5.01. The Labute approximate surface area is 125 Å². The number of thiazole rings is 1. The summed E-state index contributed by atoms with van der Waals surface area (Å²) in [5.41, 5.74) is 2.01. The fourth-order valence-electron chi connectivity index (χ4n) is 2.12. The molecule has 0 aliphatic carbocycles. The van der Waals surface area contributed by atoms with Crippen molar-refractivity contribution in [3.8, 4) is 0 Å². The van der Waals surface area contributed by atoms with E-state index in [0.29, 0.717) is 4.47 Å². The first-order valence-corrected chi connectivity index (χ1v) is 7.68. The highest BCUT2D eigenvalue weighted by atomic mass is 79.9. The number of nitrogens with one attached hydrogen (secondary N) is 1. The van der Waals surface area contributed by atoms with Gasteiger partial charge in [0.05, 0.1) is 15.2 Å². The standard InChI is InChI=1S/C14H16BrFN2S/c1-8-14(19-9(2)18-8)12(17-3)7-10-5-4-6-11(16)13(10)15/h4-6,12,17H,7H2,1-3H3. The number of benzene rings is 1. The summed E-state index contributed by atoms with van der Waals surface area (Å²) in [6.45, 7) is 4.02. The Hall–Kier alpha value is -0.780. The van der Waals surface area contributed by atoms with Crippen LogP contribution in [0.25, 0.3) is 0 Å². The number of halogens is 2. The second kappa shape index (κ2) is 6.11. The number of aromatic nitrogens is 1. The van der Waals surface area contributed by atoms with Crippen LogP contribution in [0, 0.1) is 19.7 Å². The van der Waals surface area contributed by atoms with E-state index in [4.69, 9.17) is 0 Å². The molecule has 0 bridgehead atoms. The minimum Gasteiger partial charge on any atom is -0.312 e. The van der Waals surface area contributed by atoms with Crippen LogP contribution in [0.15, 0.2) is 22.7 Å². The topological polar surface area (TPSA) is 24.9 Å². The molecule has 1 aromatic carbocycles. The molecule has 5 heteroatoms. The molecule has 1 unspecified atom stereocenters. The normalized spacial score (nSPS) is 12.7. The molecule has 1 heterocycles. The zero-order chi connectivity index (χ0) is 14.0. The zero-order valence-electron chi connectivity index (χ0n) is 11.1. The van der Waals surface area contributed by atoms with Gasteiger partial charge in [0.1, 0.15) is 5.82 Å². The molecule has 0 spiro atoms. The first-order chi connectivity index (χ1) is 9.02. The summed E-state index contributed by atoms with van der Waals surface area (Å²) in [4.78, 5) is 5.67. The van der Waals surface area contributed by atoms with Crippen LogP contribution < -0.4 is 5.32 Å². The van der Waals surface area contributed by atoms with E-state index in [9.17, 15) is 4.39 Å². The first kappa shape index (κ1) is 14.6. The maximum absolute atomic E-state index is 13.5. The van der Waals surface area contributed by atoms with Gasteiger partial charge >= 0.3 is 0 Å². The summed E-state index contributed by atoms with van der Waals surface area (Å²) in [7, 11) is 1.92. The predicted molar refractivity (Wildman–Crippen MR) is 81.2 cm³/mol. The average Bonchev–Trinajstić information content (AvgIpc) is 2.70. The van der Waals surface area contributed by atoms with Crippen LogP contribution in [0.5, 0.6) is 0 Å². The van der Waals surface area contributed by atoms with Gasteiger partial charge in [-0.1, -0.05) is 12.1 Å². The monoisotopic (exact) mass is 342 g/mol. The largest absolute Gasteiger partial charge is 0.312 e. The van der Waals surface area contributed by atoms with Crippen LogP contribution in [0.1, 0.15) is 27.2 Å². The summed E-state index contributed by atoms with van der Waals surface area (Å²) in [6, 6.07) is 5.31. The van der Waals surface area contributed by atoms with E-state index in [1.54, 1.807) is 17.4 Å². The highest BCUT2D eigenvalue weighted by Crippen LogP contribution is 2.30. The van der Waals surface area contributed by atoms with Crippen LogP contribution in [0.2, 0.25) is 0 Å². The van der Waals surface area contributed by atoms with Gasteiger partial charge in [-0.25, -0.2) is 9.37 Å². The smallest absolute Gasteiger partial charge is 0.137 e. The summed E-state index contributed by atoms with van der Waals surface area (Å²) < 4.78 is 14.1. The maximum atomic E-state index is 13.5. The molecule has 19 heavy (non-hydrogen) atoms. The Morgan fingerprint density at radius 3 is 2.74 bits per heavy atom. The molecule has 1 atom stereocenters. The minimum absolute atomic E-state index is 0.157. The molecule has 2 nitrogen and oxygen atoms in total. The molecule has 0 saturated carbocycles. The Balaban J connectivity index is 2.29. The Kier molecular flexibility index (Phi) is 4.71. The molecule has 0 radical (unpaired) electrons. The van der Waals surface area contributed by atoms with Crippen LogP contribution in [-0.4, -0.2) is 12.0 Å². The molecular weight excluding hydrogens is 327 g/mol. The van der Waals surface area contributed by atoms with Gasteiger partial charge < -0.3 is 5.32 Å². The van der Waals surface area contributed by atoms with Crippen LogP contribution >= 0.6 is 27.3 Å². The lowest BCUT2D eigenvalue weighted by atomic mass is 10.0. The van der Waals surface area contributed by atoms with Crippen molar-refractivity contribution in [1.29, 1.82) is 0 Å². The second-order valence-corrected chi connectivity index (χ2v) is 6.47. The van der Waals surface area contributed by atoms with E-state index >= 15 is 0 Å². The summed E-state index contributed by atoms with van der Waals surface area (Å²) in [5, 5.41) is 4.36. The number of aryl methyl sites for hydroxylation is 2. The fourth-order valence-corrected chi connectivity index (χ4v) is 3.59. The van der Waals surface area contributed by atoms with Gasteiger partial charge in [-0.3, -0.25) is 0 Å². The highest BCUT2D eigenvalue weighted by molar-refractivity contribution is 9.10. The number of rotatable bonds is 4. The highest BCUT2D eigenvalue weighted by Gasteiger charge is 2.18. The van der Waals surface area contributed by atoms with Crippen molar-refractivity contribution < 1.29 is 4.39 Å². The SMILES string of the molecule is CNC(Cc1cccc(F)c1Br)c1sc(C)nc1C. The van der Waals surface area contributed by atoms with Crippen molar-refractivity contribution in [2.24, 2.45) is 0 Å². The maximum Gasteiger partial charge on any atom is 0.137 e. The van der Waals surface area contributed by atoms with Gasteiger partial charge in [0, 0.05) is 10.9 Å². The molecule has 0 aliphatic rings. The lowest BCUT2D eigenvalue weighted by Crippen LogP contribution is -2.19. The van der Waals surface area contributed by atoms with E-state index in [1.165, 1.54) is 10.9 Å². The number of hydrogen-bond acceptors (Lipinski definition) is 3. The molecule has 0 fully saturated rings. The fraction of sp³-hybridized carbons (Fsp3) is 0.357. The summed E-state index contributed by atoms with van der Waals surface area (Å²) in [6.07, 6.45) is 0.733. The van der Waals surface area contributed by atoms with Crippen molar-refractivity contribution in [2.75, 3.05) is 7.05 Å². The third-order valence-electron chi connectivity index (χ3n) is 3.06.